The van der Waals surface area contributed by atoms with E-state index in [9.17, 15) is 0 Å². The van der Waals surface area contributed by atoms with E-state index in [0.717, 1.165) is 28.3 Å². The molecular formula is C21H22N6O2. The highest BCUT2D eigenvalue weighted by Gasteiger charge is 2.23. The van der Waals surface area contributed by atoms with Gasteiger partial charge in [0, 0.05) is 18.5 Å². The second-order valence-corrected chi connectivity index (χ2v) is 6.83. The summed E-state index contributed by atoms with van der Waals surface area (Å²) >= 11 is 0. The Kier molecular flexibility index (Phi) is 4.72. The van der Waals surface area contributed by atoms with E-state index in [-0.39, 0.29) is 18.7 Å². The second kappa shape index (κ2) is 7.36. The molecular weight excluding hydrogens is 368 g/mol. The van der Waals surface area contributed by atoms with Crippen LogP contribution in [0.2, 0.25) is 0 Å². The van der Waals surface area contributed by atoms with Gasteiger partial charge in [0.2, 0.25) is 12.7 Å². The van der Waals surface area contributed by atoms with Crippen LogP contribution in [0.1, 0.15) is 36.6 Å². The molecule has 2 aromatic heterocycles. The van der Waals surface area contributed by atoms with Crippen LogP contribution in [0.3, 0.4) is 0 Å². The highest BCUT2D eigenvalue weighted by molar-refractivity contribution is 5.73. The van der Waals surface area contributed by atoms with Crippen molar-refractivity contribution in [2.45, 2.75) is 26.2 Å². The number of hydrogen-bond acceptors (Lipinski definition) is 7. The van der Waals surface area contributed by atoms with Gasteiger partial charge in [-0.15, -0.1) is 0 Å². The first-order valence-corrected chi connectivity index (χ1v) is 9.31. The summed E-state index contributed by atoms with van der Waals surface area (Å²) in [4.78, 5) is 12.5. The van der Waals surface area contributed by atoms with Crippen LogP contribution < -0.4 is 20.9 Å². The summed E-state index contributed by atoms with van der Waals surface area (Å²) in [5, 5.41) is 0. The molecule has 0 amide bonds. The number of imidazole rings is 1. The molecule has 0 fully saturated rings. The molecule has 8 nitrogen and oxygen atoms in total. The largest absolute Gasteiger partial charge is 0.454 e. The number of rotatable bonds is 3. The first-order valence-electron chi connectivity index (χ1n) is 9.31. The molecule has 4 N–H and O–H groups in total. The zero-order chi connectivity index (χ0) is 20.5. The van der Waals surface area contributed by atoms with Crippen LogP contribution in [0.15, 0.2) is 24.7 Å². The minimum atomic E-state index is -0.0851. The van der Waals surface area contributed by atoms with Crippen molar-refractivity contribution in [2.75, 3.05) is 18.3 Å². The molecule has 29 heavy (non-hydrogen) atoms. The molecule has 148 valence electrons. The number of fused-ring (bicyclic) bond motifs is 1. The highest BCUT2D eigenvalue weighted by Crippen LogP contribution is 2.43. The van der Waals surface area contributed by atoms with Gasteiger partial charge in [-0.3, -0.25) is 0 Å². The Bertz CT molecular complexity index is 1140. The van der Waals surface area contributed by atoms with Gasteiger partial charge in [-0.1, -0.05) is 18.8 Å². The van der Waals surface area contributed by atoms with Crippen molar-refractivity contribution in [3.63, 3.8) is 0 Å². The Balaban J connectivity index is 1.74. The minimum absolute atomic E-state index is 0.0851. The summed E-state index contributed by atoms with van der Waals surface area (Å²) in [5.74, 6) is 8.21. The lowest BCUT2D eigenvalue weighted by molar-refractivity contribution is 0.174. The predicted octanol–water partition coefficient (Wildman–Crippen LogP) is 2.49. The first-order chi connectivity index (χ1) is 14.0. The fraction of sp³-hybridized carbons (Fsp3) is 0.286. The van der Waals surface area contributed by atoms with Gasteiger partial charge in [0.25, 0.3) is 0 Å². The standard InChI is InChI=1S/C21H22N6O2/c1-4-16-14(20(22)26-21(23)25-16)6-5-12(2)13-7-15(17-9-24-10-27(17)3)19-18(8-13)28-11-29-19/h7-10,12H,4,11H2,1-3H3,(H4,22,23,25,26). The third-order valence-corrected chi connectivity index (χ3v) is 4.87. The fourth-order valence-corrected chi connectivity index (χ4v) is 3.29. The van der Waals surface area contributed by atoms with Crippen molar-refractivity contribution in [1.29, 1.82) is 0 Å². The minimum Gasteiger partial charge on any atom is -0.454 e. The summed E-state index contributed by atoms with van der Waals surface area (Å²) in [6.45, 7) is 4.20. The van der Waals surface area contributed by atoms with Crippen molar-refractivity contribution in [3.05, 3.63) is 41.5 Å². The molecule has 0 saturated carbocycles. The summed E-state index contributed by atoms with van der Waals surface area (Å²) in [6, 6.07) is 4.03. The fourth-order valence-electron chi connectivity index (χ4n) is 3.29. The van der Waals surface area contributed by atoms with Crippen LogP contribution in [0.4, 0.5) is 11.8 Å². The van der Waals surface area contributed by atoms with Gasteiger partial charge in [-0.2, -0.15) is 4.98 Å². The van der Waals surface area contributed by atoms with Crippen LogP contribution in [0, 0.1) is 11.8 Å². The Morgan fingerprint density at radius 3 is 2.79 bits per heavy atom. The SMILES string of the molecule is CCc1nc(N)nc(N)c1C#CC(C)c1cc2c(c(-c3cncn3C)c1)OCO2. The molecule has 1 atom stereocenters. The monoisotopic (exact) mass is 390 g/mol. The first kappa shape index (κ1) is 18.6. The van der Waals surface area contributed by atoms with Gasteiger partial charge in [-0.05, 0) is 31.0 Å². The average molecular weight is 390 g/mol. The van der Waals surface area contributed by atoms with Crippen molar-refractivity contribution in [1.82, 2.24) is 19.5 Å². The summed E-state index contributed by atoms with van der Waals surface area (Å²) < 4.78 is 13.3. The number of nitrogen functional groups attached to an aromatic ring is 2. The van der Waals surface area contributed by atoms with Gasteiger partial charge in [-0.25, -0.2) is 9.97 Å². The molecule has 3 heterocycles. The molecule has 1 aliphatic heterocycles. The normalized spacial score (nSPS) is 13.1. The Labute approximate surface area is 168 Å². The second-order valence-electron chi connectivity index (χ2n) is 6.83. The zero-order valence-corrected chi connectivity index (χ0v) is 16.6. The van der Waals surface area contributed by atoms with E-state index in [2.05, 4.69) is 32.9 Å². The molecule has 0 aliphatic carbocycles. The number of nitrogens with two attached hydrogens (primary N) is 2. The van der Waals surface area contributed by atoms with Gasteiger partial charge in [0.05, 0.1) is 29.5 Å². The maximum absolute atomic E-state index is 6.02. The molecule has 1 aliphatic rings. The Morgan fingerprint density at radius 1 is 1.24 bits per heavy atom. The Hall–Kier alpha value is -3.73. The van der Waals surface area contributed by atoms with Crippen LogP contribution in [0.5, 0.6) is 11.5 Å². The number of aromatic nitrogens is 4. The molecule has 0 radical (unpaired) electrons. The van der Waals surface area contributed by atoms with Crippen molar-refractivity contribution >= 4 is 11.8 Å². The number of anilines is 2. The molecule has 4 rings (SSSR count). The summed E-state index contributed by atoms with van der Waals surface area (Å²) in [6.07, 6.45) is 4.23. The molecule has 0 bridgehead atoms. The summed E-state index contributed by atoms with van der Waals surface area (Å²) in [7, 11) is 1.94. The smallest absolute Gasteiger partial charge is 0.231 e. The van der Waals surface area contributed by atoms with E-state index in [4.69, 9.17) is 20.9 Å². The Morgan fingerprint density at radius 2 is 2.07 bits per heavy atom. The lowest BCUT2D eigenvalue weighted by atomic mass is 9.96. The van der Waals surface area contributed by atoms with E-state index in [1.165, 1.54) is 0 Å². The zero-order valence-electron chi connectivity index (χ0n) is 16.6. The molecule has 0 spiro atoms. The maximum Gasteiger partial charge on any atom is 0.231 e. The van der Waals surface area contributed by atoms with E-state index in [0.29, 0.717) is 23.6 Å². The quantitative estimate of drug-likeness (QED) is 0.660. The van der Waals surface area contributed by atoms with Crippen LogP contribution in [-0.2, 0) is 13.5 Å². The molecule has 1 unspecified atom stereocenters. The van der Waals surface area contributed by atoms with Gasteiger partial charge in [0.15, 0.2) is 11.5 Å². The van der Waals surface area contributed by atoms with Crippen molar-refractivity contribution in [3.8, 4) is 34.6 Å². The van der Waals surface area contributed by atoms with Gasteiger partial charge >= 0.3 is 0 Å². The van der Waals surface area contributed by atoms with Crippen LogP contribution in [-0.4, -0.2) is 26.3 Å². The van der Waals surface area contributed by atoms with Crippen molar-refractivity contribution < 1.29 is 9.47 Å². The molecule has 0 saturated heterocycles. The number of aryl methyl sites for hydroxylation is 2. The molecule has 3 aromatic rings. The maximum atomic E-state index is 6.02. The third-order valence-electron chi connectivity index (χ3n) is 4.87. The van der Waals surface area contributed by atoms with E-state index >= 15 is 0 Å². The number of hydrogen-bond donors (Lipinski definition) is 2. The highest BCUT2D eigenvalue weighted by atomic mass is 16.7. The third kappa shape index (κ3) is 3.43. The predicted molar refractivity (Wildman–Crippen MR) is 110 cm³/mol. The van der Waals surface area contributed by atoms with Crippen LogP contribution in [0.25, 0.3) is 11.3 Å². The number of benzene rings is 1. The van der Waals surface area contributed by atoms with Gasteiger partial charge in [0.1, 0.15) is 5.82 Å². The van der Waals surface area contributed by atoms with Gasteiger partial charge < -0.3 is 25.5 Å². The van der Waals surface area contributed by atoms with E-state index in [1.54, 1.807) is 12.5 Å². The van der Waals surface area contributed by atoms with E-state index < -0.39 is 0 Å². The summed E-state index contributed by atoms with van der Waals surface area (Å²) in [5.41, 5.74) is 16.0. The van der Waals surface area contributed by atoms with Crippen molar-refractivity contribution in [2.24, 2.45) is 7.05 Å². The lowest BCUT2D eigenvalue weighted by Gasteiger charge is -2.12. The number of ether oxygens (including phenoxy) is 2. The average Bonchev–Trinajstić information content (AvgIpc) is 3.34. The molecule has 1 aromatic carbocycles. The molecule has 8 heteroatoms. The van der Waals surface area contributed by atoms with E-state index in [1.807, 2.05) is 31.5 Å². The van der Waals surface area contributed by atoms with Crippen LogP contribution >= 0.6 is 0 Å². The topological polar surface area (TPSA) is 114 Å². The lowest BCUT2D eigenvalue weighted by Crippen LogP contribution is -2.06. The number of nitrogens with zero attached hydrogens (tertiary/aromatic N) is 4.